The highest BCUT2D eigenvalue weighted by molar-refractivity contribution is 5.91. The Bertz CT molecular complexity index is 458. The summed E-state index contributed by atoms with van der Waals surface area (Å²) in [6.45, 7) is 4.02. The van der Waals surface area contributed by atoms with Gasteiger partial charge in [-0.2, -0.15) is 5.10 Å². The molecule has 112 valence electrons. The lowest BCUT2D eigenvalue weighted by Gasteiger charge is -2.20. The number of amides is 2. The van der Waals surface area contributed by atoms with Gasteiger partial charge in [0.25, 0.3) is 0 Å². The highest BCUT2D eigenvalue weighted by Gasteiger charge is 2.17. The molecule has 1 rings (SSSR count). The van der Waals surface area contributed by atoms with Gasteiger partial charge in [0.1, 0.15) is 6.54 Å². The smallest absolute Gasteiger partial charge is 0.323 e. The number of carbonyl (C=O) groups is 2. The molecule has 0 atom stereocenters. The lowest BCUT2D eigenvalue weighted by atomic mass is 10.4. The first-order chi connectivity index (χ1) is 9.43. The van der Waals surface area contributed by atoms with Gasteiger partial charge in [0.05, 0.1) is 18.5 Å². The van der Waals surface area contributed by atoms with Gasteiger partial charge in [-0.3, -0.25) is 9.48 Å². The van der Waals surface area contributed by atoms with E-state index < -0.39 is 12.0 Å². The number of hydrogen-bond donors (Lipinski definition) is 2. The van der Waals surface area contributed by atoms with Crippen LogP contribution in [-0.4, -0.2) is 58.6 Å². The molecular weight excluding hydrogens is 264 g/mol. The Morgan fingerprint density at radius 1 is 1.55 bits per heavy atom. The van der Waals surface area contributed by atoms with Gasteiger partial charge in [0.15, 0.2) is 0 Å². The summed E-state index contributed by atoms with van der Waals surface area (Å²) in [5.74, 6) is -1.07. The van der Waals surface area contributed by atoms with Crippen LogP contribution in [0.25, 0.3) is 0 Å². The first-order valence-electron chi connectivity index (χ1n) is 6.25. The van der Waals surface area contributed by atoms with E-state index in [1.165, 1.54) is 18.2 Å². The monoisotopic (exact) mass is 284 g/mol. The van der Waals surface area contributed by atoms with Crippen molar-refractivity contribution in [2.75, 3.05) is 32.1 Å². The Hall–Kier alpha value is -2.09. The van der Waals surface area contributed by atoms with Crippen molar-refractivity contribution in [3.05, 3.63) is 12.4 Å². The van der Waals surface area contributed by atoms with Gasteiger partial charge < -0.3 is 20.1 Å². The standard InChI is InChI=1S/C12H20N4O4/c1-9(2)16-7-10(6-13-16)14-12(19)15(4-5-20-3)8-11(17)18/h6-7,9H,4-5,8H2,1-3H3,(H,14,19)(H,17,18). The Morgan fingerprint density at radius 2 is 2.25 bits per heavy atom. The number of carbonyl (C=O) groups excluding carboxylic acids is 1. The van der Waals surface area contributed by atoms with E-state index >= 15 is 0 Å². The minimum absolute atomic E-state index is 0.185. The van der Waals surface area contributed by atoms with Gasteiger partial charge in [0.2, 0.25) is 0 Å². The molecule has 0 radical (unpaired) electrons. The maximum absolute atomic E-state index is 12.0. The second-order valence-corrected chi connectivity index (χ2v) is 4.54. The quantitative estimate of drug-likeness (QED) is 0.779. The zero-order valence-electron chi connectivity index (χ0n) is 11.9. The van der Waals surface area contributed by atoms with Crippen LogP contribution in [0.4, 0.5) is 10.5 Å². The molecule has 0 aliphatic carbocycles. The van der Waals surface area contributed by atoms with Gasteiger partial charge in [-0.05, 0) is 13.8 Å². The summed E-state index contributed by atoms with van der Waals surface area (Å²) >= 11 is 0. The van der Waals surface area contributed by atoms with Crippen LogP contribution in [0.3, 0.4) is 0 Å². The summed E-state index contributed by atoms with van der Waals surface area (Å²) in [7, 11) is 1.49. The van der Waals surface area contributed by atoms with Crippen molar-refractivity contribution in [2.45, 2.75) is 19.9 Å². The van der Waals surface area contributed by atoms with Crippen LogP contribution in [0.15, 0.2) is 12.4 Å². The normalized spacial score (nSPS) is 10.6. The molecule has 1 heterocycles. The summed E-state index contributed by atoms with van der Waals surface area (Å²) in [6, 6.07) is -0.308. The number of ether oxygens (including phenoxy) is 1. The minimum Gasteiger partial charge on any atom is -0.480 e. The number of nitrogens with one attached hydrogen (secondary N) is 1. The molecular formula is C12H20N4O4. The molecule has 8 heteroatoms. The van der Waals surface area contributed by atoms with Crippen molar-refractivity contribution in [1.82, 2.24) is 14.7 Å². The van der Waals surface area contributed by atoms with E-state index in [4.69, 9.17) is 9.84 Å². The maximum atomic E-state index is 12.0. The fourth-order valence-electron chi connectivity index (χ4n) is 1.50. The second kappa shape index (κ2) is 7.49. The summed E-state index contributed by atoms with van der Waals surface area (Å²) in [5.41, 5.74) is 0.525. The third kappa shape index (κ3) is 4.88. The van der Waals surface area contributed by atoms with E-state index in [1.807, 2.05) is 13.8 Å². The number of urea groups is 1. The van der Waals surface area contributed by atoms with Crippen molar-refractivity contribution < 1.29 is 19.4 Å². The fraction of sp³-hybridized carbons (Fsp3) is 0.583. The van der Waals surface area contributed by atoms with Crippen LogP contribution in [0.2, 0.25) is 0 Å². The van der Waals surface area contributed by atoms with Crippen LogP contribution in [0, 0.1) is 0 Å². The topological polar surface area (TPSA) is 96.7 Å². The molecule has 0 unspecified atom stereocenters. The summed E-state index contributed by atoms with van der Waals surface area (Å²) in [5, 5.41) is 15.5. The zero-order valence-corrected chi connectivity index (χ0v) is 11.9. The molecule has 0 aliphatic heterocycles. The number of anilines is 1. The highest BCUT2D eigenvalue weighted by atomic mass is 16.5. The van der Waals surface area contributed by atoms with Crippen LogP contribution >= 0.6 is 0 Å². The minimum atomic E-state index is -1.07. The van der Waals surface area contributed by atoms with E-state index in [1.54, 1.807) is 10.9 Å². The maximum Gasteiger partial charge on any atom is 0.323 e. The summed E-state index contributed by atoms with van der Waals surface area (Å²) < 4.78 is 6.56. The average Bonchev–Trinajstić information content (AvgIpc) is 2.82. The van der Waals surface area contributed by atoms with Crippen molar-refractivity contribution >= 4 is 17.7 Å². The molecule has 2 amide bonds. The van der Waals surface area contributed by atoms with Gasteiger partial charge in [-0.1, -0.05) is 0 Å². The highest BCUT2D eigenvalue weighted by Crippen LogP contribution is 2.10. The molecule has 20 heavy (non-hydrogen) atoms. The SMILES string of the molecule is COCCN(CC(=O)O)C(=O)Nc1cnn(C(C)C)c1. The van der Waals surface area contributed by atoms with Crippen molar-refractivity contribution in [3.8, 4) is 0 Å². The molecule has 2 N–H and O–H groups in total. The molecule has 0 aliphatic rings. The predicted molar refractivity (Wildman–Crippen MR) is 72.7 cm³/mol. The number of hydrogen-bond acceptors (Lipinski definition) is 4. The Morgan fingerprint density at radius 3 is 2.75 bits per heavy atom. The summed E-state index contributed by atoms with van der Waals surface area (Å²) in [4.78, 5) is 23.9. The lowest BCUT2D eigenvalue weighted by molar-refractivity contribution is -0.137. The van der Waals surface area contributed by atoms with E-state index in [2.05, 4.69) is 10.4 Å². The number of nitrogens with zero attached hydrogens (tertiary/aromatic N) is 3. The van der Waals surface area contributed by atoms with E-state index in [9.17, 15) is 9.59 Å². The number of methoxy groups -OCH3 is 1. The number of aromatic nitrogens is 2. The van der Waals surface area contributed by atoms with Crippen molar-refractivity contribution in [1.29, 1.82) is 0 Å². The Balaban J connectivity index is 2.65. The molecule has 0 spiro atoms. The van der Waals surface area contributed by atoms with Crippen molar-refractivity contribution in [2.24, 2.45) is 0 Å². The van der Waals surface area contributed by atoms with Gasteiger partial charge in [-0.25, -0.2) is 4.79 Å². The van der Waals surface area contributed by atoms with Gasteiger partial charge in [-0.15, -0.1) is 0 Å². The number of aliphatic carboxylic acids is 1. The predicted octanol–water partition coefficient (Wildman–Crippen LogP) is 1.03. The third-order valence-electron chi connectivity index (χ3n) is 2.56. The molecule has 0 bridgehead atoms. The molecule has 0 saturated heterocycles. The number of carboxylic acid groups (broad SMARTS) is 1. The van der Waals surface area contributed by atoms with E-state index in [-0.39, 0.29) is 25.7 Å². The van der Waals surface area contributed by atoms with Gasteiger partial charge >= 0.3 is 12.0 Å². The zero-order chi connectivity index (χ0) is 15.1. The fourth-order valence-corrected chi connectivity index (χ4v) is 1.50. The molecule has 0 fully saturated rings. The molecule has 0 aromatic carbocycles. The molecule has 8 nitrogen and oxygen atoms in total. The Kier molecular flexibility index (Phi) is 5.98. The van der Waals surface area contributed by atoms with Crippen LogP contribution in [-0.2, 0) is 9.53 Å². The van der Waals surface area contributed by atoms with E-state index in [0.29, 0.717) is 5.69 Å². The van der Waals surface area contributed by atoms with E-state index in [0.717, 1.165) is 0 Å². The first kappa shape index (κ1) is 16.0. The molecule has 1 aromatic rings. The number of rotatable bonds is 7. The average molecular weight is 284 g/mol. The number of carboxylic acids is 1. The van der Waals surface area contributed by atoms with Crippen LogP contribution in [0.5, 0.6) is 0 Å². The lowest BCUT2D eigenvalue weighted by Crippen LogP contribution is -2.40. The largest absolute Gasteiger partial charge is 0.480 e. The second-order valence-electron chi connectivity index (χ2n) is 4.54. The Labute approximate surface area is 117 Å². The van der Waals surface area contributed by atoms with Crippen molar-refractivity contribution in [3.63, 3.8) is 0 Å². The summed E-state index contributed by atoms with van der Waals surface area (Å²) in [6.07, 6.45) is 3.21. The van der Waals surface area contributed by atoms with Crippen LogP contribution < -0.4 is 5.32 Å². The third-order valence-corrected chi connectivity index (χ3v) is 2.56. The first-order valence-corrected chi connectivity index (χ1v) is 6.25. The molecule has 0 saturated carbocycles. The molecule has 1 aromatic heterocycles. The van der Waals surface area contributed by atoms with Crippen LogP contribution in [0.1, 0.15) is 19.9 Å². The van der Waals surface area contributed by atoms with Gasteiger partial charge in [0, 0.05) is 25.9 Å².